The van der Waals surface area contributed by atoms with Crippen molar-refractivity contribution in [3.05, 3.63) is 231 Å². The molecular formula is C60H44. The van der Waals surface area contributed by atoms with Gasteiger partial charge in [0.25, 0.3) is 0 Å². The summed E-state index contributed by atoms with van der Waals surface area (Å²) in [5.41, 5.74) is 16.2. The fourth-order valence-corrected chi connectivity index (χ4v) is 11.6. The lowest BCUT2D eigenvalue weighted by atomic mass is 9.70. The molecule has 60 heavy (non-hydrogen) atoms. The summed E-state index contributed by atoms with van der Waals surface area (Å²) in [5, 5.41) is 16.5. The van der Waals surface area contributed by atoms with E-state index in [0.717, 1.165) is 44.9 Å². The Morgan fingerprint density at radius 3 is 1.45 bits per heavy atom. The number of rotatable bonds is 9. The summed E-state index contributed by atoms with van der Waals surface area (Å²) in [5.74, 6) is 0.396. The third-order valence-corrected chi connectivity index (χ3v) is 14.4. The second-order valence-corrected chi connectivity index (χ2v) is 17.7. The minimum atomic E-state index is 0.396. The molecule has 0 saturated carbocycles. The summed E-state index contributed by atoms with van der Waals surface area (Å²) in [6.07, 6.45) is 21.2. The monoisotopic (exact) mass is 764 g/mol. The smallest absolute Gasteiger partial charge is 0.0345 e. The number of aryl methyl sites for hydroxylation is 6. The summed E-state index contributed by atoms with van der Waals surface area (Å²) < 4.78 is 0. The van der Waals surface area contributed by atoms with E-state index in [1.807, 2.05) is 0 Å². The highest BCUT2D eigenvalue weighted by Crippen LogP contribution is 2.47. The van der Waals surface area contributed by atoms with Crippen LogP contribution in [0.2, 0.25) is 0 Å². The molecule has 3 aliphatic rings. The van der Waals surface area contributed by atoms with Crippen molar-refractivity contribution in [3.8, 4) is 0 Å². The van der Waals surface area contributed by atoms with Crippen molar-refractivity contribution >= 4 is 70.7 Å². The molecule has 0 aromatic heterocycles. The molecule has 3 aliphatic carbocycles. The summed E-state index contributed by atoms with van der Waals surface area (Å²) >= 11 is 0. The highest BCUT2D eigenvalue weighted by molar-refractivity contribution is 6.24. The van der Waals surface area contributed by atoms with E-state index >= 15 is 0 Å². The Morgan fingerprint density at radius 2 is 0.883 bits per heavy atom. The van der Waals surface area contributed by atoms with Crippen LogP contribution in [0.4, 0.5) is 0 Å². The van der Waals surface area contributed by atoms with Crippen LogP contribution in [-0.4, -0.2) is 0 Å². The molecule has 1 atom stereocenters. The molecule has 284 valence electrons. The van der Waals surface area contributed by atoms with Crippen molar-refractivity contribution in [1.29, 1.82) is 0 Å². The molecule has 0 saturated heterocycles. The van der Waals surface area contributed by atoms with Crippen molar-refractivity contribution in [2.75, 3.05) is 0 Å². The normalized spacial score (nSPS) is 15.6. The highest BCUT2D eigenvalue weighted by Gasteiger charge is 2.31. The number of hydrogen-bond donors (Lipinski definition) is 0. The topological polar surface area (TPSA) is 0 Å². The average Bonchev–Trinajstić information content (AvgIpc) is 3.30. The number of allylic oxidation sites excluding steroid dienone is 7. The van der Waals surface area contributed by atoms with Gasteiger partial charge in [-0.3, -0.25) is 0 Å². The van der Waals surface area contributed by atoms with E-state index < -0.39 is 0 Å². The van der Waals surface area contributed by atoms with E-state index in [9.17, 15) is 0 Å². The molecule has 0 nitrogen and oxygen atoms in total. The zero-order valence-corrected chi connectivity index (χ0v) is 33.8. The number of benzene rings is 10. The van der Waals surface area contributed by atoms with Crippen LogP contribution in [0.3, 0.4) is 0 Å². The molecule has 0 N–H and O–H groups in total. The molecule has 10 aromatic carbocycles. The number of hydrogen-bond acceptors (Lipinski definition) is 0. The Bertz CT molecular complexity index is 3310. The molecule has 0 aliphatic heterocycles. The van der Waals surface area contributed by atoms with Crippen LogP contribution in [0, 0.1) is 0 Å². The molecule has 10 aromatic rings. The van der Waals surface area contributed by atoms with Gasteiger partial charge >= 0.3 is 0 Å². The van der Waals surface area contributed by atoms with E-state index in [1.54, 1.807) is 11.1 Å². The Hall–Kier alpha value is -6.76. The van der Waals surface area contributed by atoms with Gasteiger partial charge in [-0.2, -0.15) is 0 Å². The van der Waals surface area contributed by atoms with Crippen molar-refractivity contribution in [2.24, 2.45) is 0 Å². The van der Waals surface area contributed by atoms with Crippen LogP contribution in [0.15, 0.2) is 181 Å². The van der Waals surface area contributed by atoms with Gasteiger partial charge in [-0.1, -0.05) is 176 Å². The predicted molar refractivity (Wildman–Crippen MR) is 256 cm³/mol. The lowest BCUT2D eigenvalue weighted by Gasteiger charge is -2.34. The zero-order chi connectivity index (χ0) is 39.3. The molecule has 0 radical (unpaired) electrons. The first-order valence-electron chi connectivity index (χ1n) is 22.0. The molecular weight excluding hydrogens is 721 g/mol. The third kappa shape index (κ3) is 5.37. The Labute approximate surface area is 351 Å². The van der Waals surface area contributed by atoms with Gasteiger partial charge in [-0.05, 0) is 171 Å². The Morgan fingerprint density at radius 1 is 0.400 bits per heavy atom. The maximum atomic E-state index is 2.53. The molecule has 0 bridgehead atoms. The summed E-state index contributed by atoms with van der Waals surface area (Å²) in [7, 11) is 0. The predicted octanol–water partition coefficient (Wildman–Crippen LogP) is 14.9. The van der Waals surface area contributed by atoms with Gasteiger partial charge in [0.1, 0.15) is 0 Å². The van der Waals surface area contributed by atoms with Crippen molar-refractivity contribution in [3.63, 3.8) is 0 Å². The fraction of sp³-hybridized carbons (Fsp3) is 0.133. The summed E-state index contributed by atoms with van der Waals surface area (Å²) in [4.78, 5) is 0. The van der Waals surface area contributed by atoms with Crippen LogP contribution in [0.25, 0.3) is 70.7 Å². The maximum Gasteiger partial charge on any atom is 0.0345 e. The van der Waals surface area contributed by atoms with Gasteiger partial charge in [0.05, 0.1) is 0 Å². The van der Waals surface area contributed by atoms with E-state index in [4.69, 9.17) is 0 Å². The van der Waals surface area contributed by atoms with Gasteiger partial charge in [-0.25, -0.2) is 0 Å². The second-order valence-electron chi connectivity index (χ2n) is 17.7. The quantitative estimate of drug-likeness (QED) is 0.128. The first-order chi connectivity index (χ1) is 29.7. The SMILES string of the molecule is C1=CC2=CCc3c(CCc4cc(CCc5ccc6ccc7cccc8ccc5c6c78)cc(CCc5ccc6ccc7cccc8ccc5c6c78)c4)ccc4c3C2C(=C1)C=C4. The van der Waals surface area contributed by atoms with E-state index in [-0.39, 0.29) is 0 Å². The van der Waals surface area contributed by atoms with Crippen LogP contribution in [0.1, 0.15) is 56.0 Å². The average molecular weight is 765 g/mol. The molecule has 0 fully saturated rings. The maximum absolute atomic E-state index is 2.53. The minimum absolute atomic E-state index is 0.396. The molecule has 13 rings (SSSR count). The third-order valence-electron chi connectivity index (χ3n) is 14.4. The minimum Gasteiger partial charge on any atom is -0.0759 e. The van der Waals surface area contributed by atoms with Gasteiger partial charge in [0.2, 0.25) is 0 Å². The van der Waals surface area contributed by atoms with Gasteiger partial charge in [0.15, 0.2) is 0 Å². The first kappa shape index (κ1) is 34.1. The van der Waals surface area contributed by atoms with Crippen LogP contribution >= 0.6 is 0 Å². The zero-order valence-electron chi connectivity index (χ0n) is 33.8. The molecule has 0 heterocycles. The lowest BCUT2D eigenvalue weighted by Crippen LogP contribution is -2.18. The summed E-state index contributed by atoms with van der Waals surface area (Å²) in [6, 6.07) is 53.9. The summed E-state index contributed by atoms with van der Waals surface area (Å²) in [6.45, 7) is 0. The van der Waals surface area contributed by atoms with E-state index in [0.29, 0.717) is 5.92 Å². The van der Waals surface area contributed by atoms with E-state index in [1.165, 1.54) is 115 Å². The second kappa shape index (κ2) is 13.4. The van der Waals surface area contributed by atoms with Crippen molar-refractivity contribution in [2.45, 2.75) is 50.9 Å². The lowest BCUT2D eigenvalue weighted by molar-refractivity contribution is 0.856. The van der Waals surface area contributed by atoms with Crippen LogP contribution in [0.5, 0.6) is 0 Å². The molecule has 0 amide bonds. The molecule has 1 unspecified atom stereocenters. The Balaban J connectivity index is 0.846. The van der Waals surface area contributed by atoms with E-state index in [2.05, 4.69) is 176 Å². The van der Waals surface area contributed by atoms with Gasteiger partial charge in [-0.15, -0.1) is 0 Å². The van der Waals surface area contributed by atoms with Crippen molar-refractivity contribution < 1.29 is 0 Å². The standard InChI is InChI=1S/C60H44/c1-4-43-22-25-49-19-16-40(52-31-28-46(7-1)55(43)58(49)52)13-10-37-34-38(11-14-41-17-20-50-26-23-44-5-2-8-47-29-32-53(41)59(50)56(44)47)36-39(35-37)12-15-42-18-21-51-27-24-45-6-3-9-48-30-33-54(42)60(51)57(45)48/h1-9,16-32,34-36,57H,10-15,33H2. The Kier molecular flexibility index (Phi) is 7.61. The van der Waals surface area contributed by atoms with Gasteiger partial charge < -0.3 is 0 Å². The van der Waals surface area contributed by atoms with Crippen LogP contribution < -0.4 is 0 Å². The van der Waals surface area contributed by atoms with Crippen molar-refractivity contribution in [1.82, 2.24) is 0 Å². The van der Waals surface area contributed by atoms with Gasteiger partial charge in [0, 0.05) is 5.92 Å². The molecule has 0 spiro atoms. The first-order valence-corrected chi connectivity index (χ1v) is 22.0. The highest BCUT2D eigenvalue weighted by atomic mass is 14.3. The fourth-order valence-electron chi connectivity index (χ4n) is 11.6. The van der Waals surface area contributed by atoms with Crippen LogP contribution in [-0.2, 0) is 44.9 Å². The molecule has 0 heteroatoms. The largest absolute Gasteiger partial charge is 0.0759 e.